The summed E-state index contributed by atoms with van der Waals surface area (Å²) in [5.74, 6) is -0.536. The van der Waals surface area contributed by atoms with Gasteiger partial charge in [0.2, 0.25) is 6.54 Å². The maximum atomic E-state index is 12.7. The van der Waals surface area contributed by atoms with Gasteiger partial charge in [0, 0.05) is 16.9 Å². The third-order valence-corrected chi connectivity index (χ3v) is 4.03. The lowest BCUT2D eigenvalue weighted by Crippen LogP contribution is -2.20. The van der Waals surface area contributed by atoms with Crippen LogP contribution in [-0.4, -0.2) is 17.3 Å². The van der Waals surface area contributed by atoms with E-state index < -0.39 is 5.92 Å². The zero-order valence-electron chi connectivity index (χ0n) is 13.7. The maximum absolute atomic E-state index is 12.7. The number of carbonyl (C=O) groups excluding carboxylic acids is 1. The van der Waals surface area contributed by atoms with Crippen molar-refractivity contribution in [3.8, 4) is 0 Å². The lowest BCUT2D eigenvalue weighted by atomic mass is 9.86. The van der Waals surface area contributed by atoms with E-state index in [-0.39, 0.29) is 17.3 Å². The number of ketones is 1. The standard InChI is InChI=1S/C20H21NO3/c1-2-18(20(22)14-13-16-9-5-3-6-10-16)19(15-21(23)24)17-11-7-4-8-12-17/h2-12,19H,13-15H2,1H3/b18-2-/t19-/m1/s1. The lowest BCUT2D eigenvalue weighted by Gasteiger charge is -2.16. The van der Waals surface area contributed by atoms with Crippen LogP contribution in [0.4, 0.5) is 0 Å². The first kappa shape index (κ1) is 17.6. The number of nitrogens with zero attached hydrogens (tertiary/aromatic N) is 1. The molecule has 1 atom stereocenters. The second kappa shape index (κ2) is 8.77. The molecule has 4 heteroatoms. The fourth-order valence-electron chi connectivity index (χ4n) is 2.82. The van der Waals surface area contributed by atoms with Crippen LogP contribution < -0.4 is 0 Å². The first-order chi connectivity index (χ1) is 11.6. The smallest absolute Gasteiger partial charge is 0.214 e. The van der Waals surface area contributed by atoms with Crippen LogP contribution in [0.15, 0.2) is 72.3 Å². The van der Waals surface area contributed by atoms with Gasteiger partial charge in [-0.15, -0.1) is 0 Å². The van der Waals surface area contributed by atoms with Crippen LogP contribution in [0.3, 0.4) is 0 Å². The minimum atomic E-state index is -0.505. The lowest BCUT2D eigenvalue weighted by molar-refractivity contribution is -0.481. The van der Waals surface area contributed by atoms with Crippen molar-refractivity contribution in [2.45, 2.75) is 25.7 Å². The zero-order chi connectivity index (χ0) is 17.4. The van der Waals surface area contributed by atoms with E-state index in [2.05, 4.69) is 0 Å². The number of allylic oxidation sites excluding steroid dienone is 1. The number of rotatable bonds is 8. The molecule has 2 rings (SSSR count). The molecule has 4 nitrogen and oxygen atoms in total. The molecule has 24 heavy (non-hydrogen) atoms. The second-order valence-corrected chi connectivity index (χ2v) is 5.63. The van der Waals surface area contributed by atoms with Crippen LogP contribution in [0.1, 0.15) is 30.4 Å². The highest BCUT2D eigenvalue weighted by atomic mass is 16.6. The SMILES string of the molecule is C/C=C(\C(=O)CCc1ccccc1)[C@H](C[N+](=O)[O-])c1ccccc1. The summed E-state index contributed by atoms with van der Waals surface area (Å²) >= 11 is 0. The van der Waals surface area contributed by atoms with Crippen molar-refractivity contribution in [2.75, 3.05) is 6.54 Å². The molecule has 0 aromatic heterocycles. The van der Waals surface area contributed by atoms with E-state index in [9.17, 15) is 14.9 Å². The third-order valence-electron chi connectivity index (χ3n) is 4.03. The summed E-state index contributed by atoms with van der Waals surface area (Å²) in [5.41, 5.74) is 2.41. The third kappa shape index (κ3) is 4.88. The Morgan fingerprint density at radius 2 is 1.67 bits per heavy atom. The van der Waals surface area contributed by atoms with Crippen molar-refractivity contribution < 1.29 is 9.72 Å². The van der Waals surface area contributed by atoms with Crippen molar-refractivity contribution in [3.63, 3.8) is 0 Å². The van der Waals surface area contributed by atoms with Crippen LogP contribution in [0.2, 0.25) is 0 Å². The Morgan fingerprint density at radius 1 is 1.08 bits per heavy atom. The molecule has 2 aromatic carbocycles. The van der Waals surface area contributed by atoms with Crippen molar-refractivity contribution in [1.29, 1.82) is 0 Å². The second-order valence-electron chi connectivity index (χ2n) is 5.63. The summed E-state index contributed by atoms with van der Waals surface area (Å²) in [7, 11) is 0. The monoisotopic (exact) mass is 323 g/mol. The minimum Gasteiger partial charge on any atom is -0.295 e. The summed E-state index contributed by atoms with van der Waals surface area (Å²) in [6.45, 7) is 1.49. The van der Waals surface area contributed by atoms with E-state index in [0.29, 0.717) is 18.4 Å². The van der Waals surface area contributed by atoms with E-state index in [1.807, 2.05) is 60.7 Å². The number of nitro groups is 1. The molecule has 0 saturated heterocycles. The number of hydrogen-bond acceptors (Lipinski definition) is 3. The summed E-state index contributed by atoms with van der Waals surface area (Å²) < 4.78 is 0. The molecule has 0 heterocycles. The summed E-state index contributed by atoms with van der Waals surface area (Å²) in [5, 5.41) is 11.1. The molecule has 0 spiro atoms. The normalized spacial score (nSPS) is 12.6. The number of aryl methyl sites for hydroxylation is 1. The predicted octanol–water partition coefficient (Wildman–Crippen LogP) is 4.20. The van der Waals surface area contributed by atoms with Crippen molar-refractivity contribution in [1.82, 2.24) is 0 Å². The molecule has 0 fully saturated rings. The van der Waals surface area contributed by atoms with Crippen LogP contribution >= 0.6 is 0 Å². The number of benzene rings is 2. The Bertz CT molecular complexity index is 708. The molecule has 0 aliphatic rings. The van der Waals surface area contributed by atoms with Gasteiger partial charge >= 0.3 is 0 Å². The number of hydrogen-bond donors (Lipinski definition) is 0. The predicted molar refractivity (Wildman–Crippen MR) is 94.6 cm³/mol. The van der Waals surface area contributed by atoms with E-state index in [0.717, 1.165) is 11.1 Å². The fourth-order valence-corrected chi connectivity index (χ4v) is 2.82. The maximum Gasteiger partial charge on any atom is 0.214 e. The van der Waals surface area contributed by atoms with Gasteiger partial charge in [0.15, 0.2) is 5.78 Å². The van der Waals surface area contributed by atoms with Gasteiger partial charge in [-0.05, 0) is 24.5 Å². The molecular weight excluding hydrogens is 302 g/mol. The van der Waals surface area contributed by atoms with Gasteiger partial charge in [0.25, 0.3) is 0 Å². The van der Waals surface area contributed by atoms with E-state index in [1.54, 1.807) is 13.0 Å². The van der Waals surface area contributed by atoms with Crippen LogP contribution in [0, 0.1) is 10.1 Å². The Balaban J connectivity index is 2.16. The highest BCUT2D eigenvalue weighted by Gasteiger charge is 2.26. The van der Waals surface area contributed by atoms with Gasteiger partial charge in [-0.1, -0.05) is 66.7 Å². The quantitative estimate of drug-likeness (QED) is 0.415. The molecule has 0 bridgehead atoms. The summed E-state index contributed by atoms with van der Waals surface area (Å²) in [6.07, 6.45) is 2.70. The van der Waals surface area contributed by atoms with E-state index >= 15 is 0 Å². The van der Waals surface area contributed by atoms with Gasteiger partial charge in [0.1, 0.15) is 0 Å². The summed E-state index contributed by atoms with van der Waals surface area (Å²) in [6, 6.07) is 19.0. The van der Waals surface area contributed by atoms with Gasteiger partial charge in [-0.3, -0.25) is 14.9 Å². The Kier molecular flexibility index (Phi) is 6.43. The first-order valence-corrected chi connectivity index (χ1v) is 8.02. The topological polar surface area (TPSA) is 60.2 Å². The fraction of sp³-hybridized carbons (Fsp3) is 0.250. The van der Waals surface area contributed by atoms with Crippen LogP contribution in [-0.2, 0) is 11.2 Å². The van der Waals surface area contributed by atoms with Gasteiger partial charge in [0.05, 0.1) is 5.92 Å². The van der Waals surface area contributed by atoms with Gasteiger partial charge in [-0.2, -0.15) is 0 Å². The van der Waals surface area contributed by atoms with Crippen molar-refractivity contribution >= 4 is 5.78 Å². The number of Topliss-reactive ketones (excluding diaryl/α,β-unsaturated/α-hetero) is 1. The Morgan fingerprint density at radius 3 is 2.21 bits per heavy atom. The molecule has 0 unspecified atom stereocenters. The largest absolute Gasteiger partial charge is 0.295 e. The first-order valence-electron chi connectivity index (χ1n) is 8.02. The molecule has 0 amide bonds. The Hall–Kier alpha value is -2.75. The molecule has 0 radical (unpaired) electrons. The van der Waals surface area contributed by atoms with Gasteiger partial charge in [-0.25, -0.2) is 0 Å². The highest BCUT2D eigenvalue weighted by molar-refractivity contribution is 5.96. The van der Waals surface area contributed by atoms with Crippen molar-refractivity contribution in [2.24, 2.45) is 0 Å². The van der Waals surface area contributed by atoms with Crippen LogP contribution in [0.25, 0.3) is 0 Å². The molecule has 0 N–H and O–H groups in total. The molecule has 124 valence electrons. The molecule has 0 aliphatic heterocycles. The Labute approximate surface area is 142 Å². The molecule has 0 saturated carbocycles. The number of carbonyl (C=O) groups is 1. The van der Waals surface area contributed by atoms with Crippen molar-refractivity contribution in [3.05, 3.63) is 93.6 Å². The van der Waals surface area contributed by atoms with E-state index in [4.69, 9.17) is 0 Å². The summed E-state index contributed by atoms with van der Waals surface area (Å²) in [4.78, 5) is 23.4. The average Bonchev–Trinajstić information content (AvgIpc) is 2.61. The highest BCUT2D eigenvalue weighted by Crippen LogP contribution is 2.26. The molecule has 2 aromatic rings. The van der Waals surface area contributed by atoms with E-state index in [1.165, 1.54) is 0 Å². The van der Waals surface area contributed by atoms with Gasteiger partial charge < -0.3 is 0 Å². The minimum absolute atomic E-state index is 0.0305. The molecule has 0 aliphatic carbocycles. The molecular formula is C20H21NO3. The average molecular weight is 323 g/mol. The zero-order valence-corrected chi connectivity index (χ0v) is 13.7. The van der Waals surface area contributed by atoms with Crippen LogP contribution in [0.5, 0.6) is 0 Å².